The van der Waals surface area contributed by atoms with E-state index in [2.05, 4.69) is 27.7 Å². The van der Waals surface area contributed by atoms with Crippen LogP contribution in [0.3, 0.4) is 0 Å². The first-order chi connectivity index (χ1) is 8.65. The molecule has 0 radical (unpaired) electrons. The van der Waals surface area contributed by atoms with Crippen LogP contribution in [-0.2, 0) is 0 Å². The number of unbranched alkanes of at least 4 members (excludes halogenated alkanes) is 4. The molecule has 1 aliphatic rings. The monoisotopic (exact) mass is 252 g/mol. The zero-order chi connectivity index (χ0) is 13.4. The largest absolute Gasteiger partial charge is 0.0654 e. The minimum absolute atomic E-state index is 0.942. The normalized spacial score (nSPS) is 20.7. The van der Waals surface area contributed by atoms with E-state index in [0.29, 0.717) is 0 Å². The lowest BCUT2D eigenvalue weighted by Gasteiger charge is -2.21. The van der Waals surface area contributed by atoms with Gasteiger partial charge >= 0.3 is 0 Å². The highest BCUT2D eigenvalue weighted by Gasteiger charge is 2.27. The molecule has 0 nitrogen and oxygen atoms in total. The topological polar surface area (TPSA) is 0 Å². The highest BCUT2D eigenvalue weighted by Crippen LogP contribution is 2.39. The summed E-state index contributed by atoms with van der Waals surface area (Å²) in [4.78, 5) is 0. The van der Waals surface area contributed by atoms with Crippen LogP contribution in [0.2, 0.25) is 0 Å². The molecule has 108 valence electrons. The highest BCUT2D eigenvalue weighted by molar-refractivity contribution is 4.79. The van der Waals surface area contributed by atoms with Crippen LogP contribution in [0.25, 0.3) is 0 Å². The zero-order valence-corrected chi connectivity index (χ0v) is 13.4. The quantitative estimate of drug-likeness (QED) is 0.371. The summed E-state index contributed by atoms with van der Waals surface area (Å²) in [6.07, 6.45) is 14.6. The van der Waals surface area contributed by atoms with Gasteiger partial charge in [-0.25, -0.2) is 0 Å². The van der Waals surface area contributed by atoms with Gasteiger partial charge in [0.05, 0.1) is 0 Å². The van der Waals surface area contributed by atoms with Crippen LogP contribution in [0.15, 0.2) is 0 Å². The number of hydrogen-bond acceptors (Lipinski definition) is 0. The van der Waals surface area contributed by atoms with E-state index in [1.54, 1.807) is 0 Å². The predicted molar refractivity (Wildman–Crippen MR) is 82.8 cm³/mol. The maximum Gasteiger partial charge on any atom is -0.0388 e. The zero-order valence-electron chi connectivity index (χ0n) is 13.4. The van der Waals surface area contributed by atoms with Crippen molar-refractivity contribution in [2.75, 3.05) is 0 Å². The Morgan fingerprint density at radius 3 is 2.00 bits per heavy atom. The second-order valence-electron chi connectivity index (χ2n) is 7.05. The maximum atomic E-state index is 2.48. The Labute approximate surface area is 116 Å². The van der Waals surface area contributed by atoms with Gasteiger partial charge in [0, 0.05) is 0 Å². The molecule has 3 atom stereocenters. The molecule has 0 aromatic heterocycles. The van der Waals surface area contributed by atoms with Gasteiger partial charge in [-0.3, -0.25) is 0 Å². The van der Waals surface area contributed by atoms with Gasteiger partial charge in [-0.15, -0.1) is 0 Å². The summed E-state index contributed by atoms with van der Waals surface area (Å²) in [7, 11) is 0. The molecule has 0 N–H and O–H groups in total. The molecule has 1 aliphatic carbocycles. The molecule has 0 heterocycles. The van der Waals surface area contributed by atoms with Crippen LogP contribution < -0.4 is 0 Å². The van der Waals surface area contributed by atoms with Crippen molar-refractivity contribution in [1.29, 1.82) is 0 Å². The van der Waals surface area contributed by atoms with Crippen molar-refractivity contribution < 1.29 is 0 Å². The molecule has 0 saturated heterocycles. The van der Waals surface area contributed by atoms with E-state index in [1.165, 1.54) is 64.2 Å². The standard InChI is InChI=1S/C18H36/c1-5-6-7-8-9-10-15(2)16(3)11-12-17(4)18-13-14-18/h15-18H,5-14H2,1-4H3. The second kappa shape index (κ2) is 8.99. The first-order valence-corrected chi connectivity index (χ1v) is 8.65. The molecule has 1 rings (SSSR count). The second-order valence-corrected chi connectivity index (χ2v) is 7.05. The van der Waals surface area contributed by atoms with E-state index in [1.807, 2.05) is 0 Å². The molecule has 3 unspecified atom stereocenters. The summed E-state index contributed by atoms with van der Waals surface area (Å²) in [5, 5.41) is 0. The van der Waals surface area contributed by atoms with Crippen LogP contribution in [0.1, 0.15) is 91.9 Å². The minimum Gasteiger partial charge on any atom is -0.0654 e. The van der Waals surface area contributed by atoms with Crippen LogP contribution in [0, 0.1) is 23.7 Å². The average molecular weight is 252 g/mol. The molecule has 18 heavy (non-hydrogen) atoms. The Balaban J connectivity index is 1.99. The van der Waals surface area contributed by atoms with Crippen molar-refractivity contribution in [1.82, 2.24) is 0 Å². The predicted octanol–water partition coefficient (Wildman–Crippen LogP) is 6.45. The smallest absolute Gasteiger partial charge is 0.0388 e. The molecular weight excluding hydrogens is 216 g/mol. The minimum atomic E-state index is 0.942. The lowest BCUT2D eigenvalue weighted by molar-refractivity contribution is 0.300. The van der Waals surface area contributed by atoms with Crippen molar-refractivity contribution >= 4 is 0 Å². The Hall–Kier alpha value is 0. The summed E-state index contributed by atoms with van der Waals surface area (Å²) in [6, 6.07) is 0. The van der Waals surface area contributed by atoms with Crippen LogP contribution >= 0.6 is 0 Å². The SMILES string of the molecule is CCCCCCCC(C)C(C)CCC(C)C1CC1. The number of rotatable bonds is 11. The van der Waals surface area contributed by atoms with Gasteiger partial charge in [-0.05, 0) is 36.5 Å². The Morgan fingerprint density at radius 1 is 0.778 bits per heavy atom. The Kier molecular flexibility index (Phi) is 8.02. The summed E-state index contributed by atoms with van der Waals surface area (Å²) in [6.45, 7) is 9.73. The lowest BCUT2D eigenvalue weighted by Crippen LogP contribution is -2.10. The van der Waals surface area contributed by atoms with Crippen LogP contribution in [-0.4, -0.2) is 0 Å². The van der Waals surface area contributed by atoms with Crippen molar-refractivity contribution in [2.45, 2.75) is 91.9 Å². The lowest BCUT2D eigenvalue weighted by atomic mass is 9.85. The third-order valence-electron chi connectivity index (χ3n) is 5.24. The van der Waals surface area contributed by atoms with Gasteiger partial charge in [0.1, 0.15) is 0 Å². The fourth-order valence-electron chi connectivity index (χ4n) is 3.07. The van der Waals surface area contributed by atoms with Gasteiger partial charge in [-0.2, -0.15) is 0 Å². The van der Waals surface area contributed by atoms with E-state index in [4.69, 9.17) is 0 Å². The third-order valence-corrected chi connectivity index (χ3v) is 5.24. The first-order valence-electron chi connectivity index (χ1n) is 8.65. The van der Waals surface area contributed by atoms with Gasteiger partial charge in [0.2, 0.25) is 0 Å². The van der Waals surface area contributed by atoms with Crippen molar-refractivity contribution in [3.63, 3.8) is 0 Å². The molecule has 0 aromatic rings. The third kappa shape index (κ3) is 6.81. The van der Waals surface area contributed by atoms with E-state index in [-0.39, 0.29) is 0 Å². The molecule has 0 bridgehead atoms. The van der Waals surface area contributed by atoms with Crippen LogP contribution in [0.4, 0.5) is 0 Å². The molecule has 1 saturated carbocycles. The average Bonchev–Trinajstić information content (AvgIpc) is 3.19. The van der Waals surface area contributed by atoms with Gasteiger partial charge in [0.15, 0.2) is 0 Å². The van der Waals surface area contributed by atoms with Crippen molar-refractivity contribution in [3.8, 4) is 0 Å². The summed E-state index contributed by atoms with van der Waals surface area (Å²) < 4.78 is 0. The van der Waals surface area contributed by atoms with Gasteiger partial charge in [-0.1, -0.05) is 79.1 Å². The van der Waals surface area contributed by atoms with Crippen molar-refractivity contribution in [2.24, 2.45) is 23.7 Å². The van der Waals surface area contributed by atoms with E-state index in [0.717, 1.165) is 23.7 Å². The Morgan fingerprint density at radius 2 is 1.39 bits per heavy atom. The maximum absolute atomic E-state index is 2.48. The number of hydrogen-bond donors (Lipinski definition) is 0. The Bertz CT molecular complexity index is 192. The highest BCUT2D eigenvalue weighted by atomic mass is 14.3. The molecule has 0 spiro atoms. The molecule has 0 aliphatic heterocycles. The summed E-state index contributed by atoms with van der Waals surface area (Å²) >= 11 is 0. The van der Waals surface area contributed by atoms with Crippen molar-refractivity contribution in [3.05, 3.63) is 0 Å². The van der Waals surface area contributed by atoms with Crippen LogP contribution in [0.5, 0.6) is 0 Å². The molecule has 0 heteroatoms. The summed E-state index contributed by atoms with van der Waals surface area (Å²) in [5.74, 6) is 3.99. The molecule has 0 aromatic carbocycles. The van der Waals surface area contributed by atoms with E-state index < -0.39 is 0 Å². The first kappa shape index (κ1) is 16.1. The van der Waals surface area contributed by atoms with Gasteiger partial charge < -0.3 is 0 Å². The van der Waals surface area contributed by atoms with Gasteiger partial charge in [0.25, 0.3) is 0 Å². The fraction of sp³-hybridized carbons (Fsp3) is 1.00. The molecule has 0 amide bonds. The van der Waals surface area contributed by atoms with E-state index >= 15 is 0 Å². The summed E-state index contributed by atoms with van der Waals surface area (Å²) in [5.41, 5.74) is 0. The fourth-order valence-corrected chi connectivity index (χ4v) is 3.07. The molecule has 1 fully saturated rings. The van der Waals surface area contributed by atoms with E-state index in [9.17, 15) is 0 Å². The molecular formula is C18H36.